The van der Waals surface area contributed by atoms with Crippen molar-refractivity contribution in [3.63, 3.8) is 0 Å². The van der Waals surface area contributed by atoms with Gasteiger partial charge in [0.15, 0.2) is 0 Å². The second-order valence-corrected chi connectivity index (χ2v) is 21.0. The van der Waals surface area contributed by atoms with E-state index in [1.165, 1.54) is 12.1 Å². The van der Waals surface area contributed by atoms with Crippen LogP contribution >= 0.6 is 23.1 Å². The number of fused-ring (bicyclic) bond motifs is 1. The minimum atomic E-state index is -2.81. The lowest BCUT2D eigenvalue weighted by atomic mass is 9.89. The Hall–Kier alpha value is -5.13. The minimum Gasteiger partial charge on any atom is -0.494 e. The monoisotopic (exact) mass is 960 g/mol. The molecule has 0 spiro atoms. The number of hydrogen-bond donors (Lipinski definition) is 4. The largest absolute Gasteiger partial charge is 0.494 e. The molecule has 3 aliphatic rings. The van der Waals surface area contributed by atoms with Crippen molar-refractivity contribution < 1.29 is 32.8 Å². The van der Waals surface area contributed by atoms with Crippen LogP contribution in [0.2, 0.25) is 0 Å². The van der Waals surface area contributed by atoms with Crippen molar-refractivity contribution in [3.8, 4) is 5.75 Å². The third kappa shape index (κ3) is 9.91. The van der Waals surface area contributed by atoms with E-state index in [4.69, 9.17) is 9.72 Å². The summed E-state index contributed by atoms with van der Waals surface area (Å²) in [5, 5.41) is 20.4. The van der Waals surface area contributed by atoms with Gasteiger partial charge in [0.25, 0.3) is 0 Å². The predicted molar refractivity (Wildman–Crippen MR) is 247 cm³/mol. The van der Waals surface area contributed by atoms with Crippen LogP contribution in [0.5, 0.6) is 5.75 Å². The van der Waals surface area contributed by atoms with Crippen molar-refractivity contribution >= 4 is 80.1 Å². The average molecular weight is 962 g/mol. The molecule has 19 heteroatoms. The summed E-state index contributed by atoms with van der Waals surface area (Å²) >= 11 is 3.56. The number of aliphatic hydroxyl groups excluding tert-OH is 1. The minimum absolute atomic E-state index is 0.0537. The van der Waals surface area contributed by atoms with Crippen molar-refractivity contribution in [2.45, 2.75) is 57.1 Å². The first kappa shape index (κ1) is 45.4. The van der Waals surface area contributed by atoms with Gasteiger partial charge < -0.3 is 34.8 Å². The standard InChI is InChI=1S/C45H52BrF2N10O5P/c1-26(59)30-23-36(53-45-51-25-31(46)43(55-45)52-35-7-6-34-41(50-13-12-49-34)42(35)64(3,4)62)38(63-2)24-37(30)58-15-10-28(11-16-58)57-19-17-56(18-20-57)14-9-27-21-32(47)40(33(48)22-27)29-5-8-39(60)54-44(29)61/h6-7,12-13,21-26,28-29,59H,5,8-11,14-20H2,1-4H3,(H,54,60,61)(H2,51,52,53,55). The molecule has 2 amide bonds. The van der Waals surface area contributed by atoms with E-state index in [2.05, 4.69) is 61.5 Å². The Balaban J connectivity index is 0.883. The summed E-state index contributed by atoms with van der Waals surface area (Å²) in [7, 11) is -1.22. The van der Waals surface area contributed by atoms with Gasteiger partial charge in [0, 0.05) is 99.7 Å². The maximum absolute atomic E-state index is 15.1. The van der Waals surface area contributed by atoms with Crippen LogP contribution in [0.25, 0.3) is 11.0 Å². The molecule has 338 valence electrons. The predicted octanol–water partition coefficient (Wildman–Crippen LogP) is 6.61. The Morgan fingerprint density at radius 3 is 2.34 bits per heavy atom. The summed E-state index contributed by atoms with van der Waals surface area (Å²) in [5.74, 6) is -2.32. The number of imide groups is 1. The number of rotatable bonds is 13. The SMILES string of the molecule is COc1cc(N2CCC(N3CCN(CCc4cc(F)c(C5CCC(=O)NC5=O)c(F)c4)CC3)CC2)c(C(C)O)cc1Nc1ncc(Br)c(Nc2ccc3nccnc3c2P(C)(C)=O)n1. The van der Waals surface area contributed by atoms with E-state index in [1.54, 1.807) is 46.0 Å². The molecule has 8 rings (SSSR count). The maximum Gasteiger partial charge on any atom is 0.234 e. The van der Waals surface area contributed by atoms with Crippen molar-refractivity contribution in [1.82, 2.24) is 35.1 Å². The van der Waals surface area contributed by atoms with Crippen molar-refractivity contribution in [2.24, 2.45) is 0 Å². The van der Waals surface area contributed by atoms with Gasteiger partial charge in [0.1, 0.15) is 35.9 Å². The second kappa shape index (κ2) is 19.1. The number of piperidine rings is 2. The number of nitrogens with one attached hydrogen (secondary N) is 3. The highest BCUT2D eigenvalue weighted by Gasteiger charge is 2.33. The molecule has 0 aliphatic carbocycles. The van der Waals surface area contributed by atoms with Crippen LogP contribution < -0.4 is 30.9 Å². The van der Waals surface area contributed by atoms with Gasteiger partial charge in [-0.1, -0.05) is 0 Å². The number of carbonyl (C=O) groups is 2. The van der Waals surface area contributed by atoms with Gasteiger partial charge in [0.05, 0.1) is 45.8 Å². The van der Waals surface area contributed by atoms with Crippen molar-refractivity contribution in [2.75, 3.05) is 81.8 Å². The molecule has 3 aromatic carbocycles. The molecule has 3 aliphatic heterocycles. The third-order valence-corrected chi connectivity index (χ3v) is 14.5. The molecule has 15 nitrogen and oxygen atoms in total. The first-order chi connectivity index (χ1) is 30.7. The van der Waals surface area contributed by atoms with Gasteiger partial charge in [0.2, 0.25) is 17.8 Å². The lowest BCUT2D eigenvalue weighted by Crippen LogP contribution is -2.53. The van der Waals surface area contributed by atoms with Crippen LogP contribution in [0.4, 0.5) is 37.6 Å². The molecular weight excluding hydrogens is 909 g/mol. The molecule has 64 heavy (non-hydrogen) atoms. The molecule has 0 saturated carbocycles. The molecular formula is C45H52BrF2N10O5P. The Kier molecular flexibility index (Phi) is 13.6. The highest BCUT2D eigenvalue weighted by Crippen LogP contribution is 2.42. The normalized spacial score (nSPS) is 18.6. The fraction of sp³-hybridized carbons (Fsp3) is 0.422. The number of aromatic nitrogens is 4. The number of piperazine rings is 1. The van der Waals surface area contributed by atoms with Gasteiger partial charge in [-0.3, -0.25) is 29.8 Å². The van der Waals surface area contributed by atoms with Crippen LogP contribution in [0, 0.1) is 11.6 Å². The Morgan fingerprint density at radius 2 is 1.67 bits per heavy atom. The number of amides is 2. The summed E-state index contributed by atoms with van der Waals surface area (Å²) in [6.45, 7) is 10.9. The number of ether oxygens (including phenoxy) is 1. The number of halogens is 3. The topological polar surface area (TPSA) is 178 Å². The molecule has 5 aromatic rings. The molecule has 2 unspecified atom stereocenters. The zero-order valence-corrected chi connectivity index (χ0v) is 38.7. The van der Waals surface area contributed by atoms with Crippen LogP contribution in [-0.2, 0) is 20.6 Å². The fourth-order valence-corrected chi connectivity index (χ4v) is 10.8. The second-order valence-electron chi connectivity index (χ2n) is 17.0. The quantitative estimate of drug-likeness (QED) is 0.0733. The smallest absolute Gasteiger partial charge is 0.234 e. The van der Waals surface area contributed by atoms with Crippen molar-refractivity contribution in [1.29, 1.82) is 0 Å². The van der Waals surface area contributed by atoms with Crippen LogP contribution in [0.3, 0.4) is 0 Å². The molecule has 3 saturated heterocycles. The first-order valence-electron chi connectivity index (χ1n) is 21.5. The maximum atomic E-state index is 15.1. The number of anilines is 5. The molecule has 4 N–H and O–H groups in total. The number of methoxy groups -OCH3 is 1. The number of benzene rings is 3. The van der Waals surface area contributed by atoms with E-state index >= 15 is 8.78 Å². The Morgan fingerprint density at radius 1 is 0.953 bits per heavy atom. The molecule has 0 radical (unpaired) electrons. The van der Waals surface area contributed by atoms with Crippen molar-refractivity contribution in [3.05, 3.63) is 87.8 Å². The highest BCUT2D eigenvalue weighted by molar-refractivity contribution is 9.10. The summed E-state index contributed by atoms with van der Waals surface area (Å²) in [5.41, 5.74) is 4.28. The van der Waals surface area contributed by atoms with E-state index in [0.717, 1.165) is 63.4 Å². The molecule has 5 heterocycles. The van der Waals surface area contributed by atoms with E-state index in [9.17, 15) is 19.3 Å². The third-order valence-electron chi connectivity index (χ3n) is 12.4. The average Bonchev–Trinajstić information content (AvgIpc) is 3.27. The summed E-state index contributed by atoms with van der Waals surface area (Å²) in [6.07, 6.45) is 6.54. The molecule has 2 aromatic heterocycles. The zero-order chi connectivity index (χ0) is 45.3. The lowest BCUT2D eigenvalue weighted by molar-refractivity contribution is -0.134. The van der Waals surface area contributed by atoms with Crippen LogP contribution in [0.1, 0.15) is 61.3 Å². The summed E-state index contributed by atoms with van der Waals surface area (Å²) in [4.78, 5) is 49.1. The van der Waals surface area contributed by atoms with Crippen LogP contribution in [0.15, 0.2) is 59.5 Å². The molecule has 3 fully saturated rings. The molecule has 2 atom stereocenters. The highest BCUT2D eigenvalue weighted by atomic mass is 79.9. The van der Waals surface area contributed by atoms with Gasteiger partial charge in [-0.2, -0.15) is 4.98 Å². The Bertz CT molecular complexity index is 2600. The van der Waals surface area contributed by atoms with Crippen LogP contribution in [-0.4, -0.2) is 119 Å². The van der Waals surface area contributed by atoms with Gasteiger partial charge >= 0.3 is 0 Å². The number of nitrogens with zero attached hydrogens (tertiary/aromatic N) is 7. The fourth-order valence-electron chi connectivity index (χ4n) is 9.09. The van der Waals surface area contributed by atoms with Gasteiger partial charge in [-0.25, -0.2) is 13.8 Å². The van der Waals surface area contributed by atoms with E-state index in [-0.39, 0.29) is 24.4 Å². The number of aliphatic hydroxyl groups is 1. The van der Waals surface area contributed by atoms with E-state index in [0.29, 0.717) is 68.3 Å². The summed E-state index contributed by atoms with van der Waals surface area (Å²) < 4.78 is 50.2. The first-order valence-corrected chi connectivity index (χ1v) is 24.8. The van der Waals surface area contributed by atoms with E-state index in [1.807, 2.05) is 24.3 Å². The Labute approximate surface area is 378 Å². The number of carbonyl (C=O) groups excluding carboxylic acids is 2. The van der Waals surface area contributed by atoms with Gasteiger partial charge in [-0.15, -0.1) is 0 Å². The molecule has 0 bridgehead atoms. The summed E-state index contributed by atoms with van der Waals surface area (Å²) in [6, 6.07) is 10.5. The van der Waals surface area contributed by atoms with E-state index < -0.39 is 42.6 Å². The zero-order valence-electron chi connectivity index (χ0n) is 36.2. The number of hydrogen-bond acceptors (Lipinski definition) is 14. The lowest BCUT2D eigenvalue weighted by Gasteiger charge is -2.43. The van der Waals surface area contributed by atoms with Gasteiger partial charge in [-0.05, 0) is 97.8 Å².